The zero-order valence-corrected chi connectivity index (χ0v) is 12.6. The normalized spacial score (nSPS) is 27.4. The Balaban J connectivity index is 1.84. The van der Waals surface area contributed by atoms with Crippen molar-refractivity contribution < 1.29 is 9.59 Å². The molecule has 1 aliphatic heterocycles. The fourth-order valence-electron chi connectivity index (χ4n) is 3.08. The summed E-state index contributed by atoms with van der Waals surface area (Å²) in [5.41, 5.74) is 7.61. The number of rotatable bonds is 2. The molecule has 2 amide bonds. The van der Waals surface area contributed by atoms with Gasteiger partial charge in [-0.15, -0.1) is 0 Å². The zero-order chi connectivity index (χ0) is 15.2. The van der Waals surface area contributed by atoms with Gasteiger partial charge < -0.3 is 16.4 Å². The molecule has 5 nitrogen and oxygen atoms in total. The number of nitrogens with two attached hydrogens (primary N) is 1. The minimum Gasteiger partial charge on any atom is -0.327 e. The second-order valence-corrected chi connectivity index (χ2v) is 6.49. The lowest BCUT2D eigenvalue weighted by Crippen LogP contribution is -2.44. The topological polar surface area (TPSA) is 84.2 Å². The number of benzene rings is 1. The molecule has 1 aromatic carbocycles. The fourth-order valence-corrected chi connectivity index (χ4v) is 3.29. The third-order valence-electron chi connectivity index (χ3n) is 4.61. The van der Waals surface area contributed by atoms with Crippen molar-refractivity contribution in [1.82, 2.24) is 0 Å². The molecule has 1 heterocycles. The first-order valence-electron chi connectivity index (χ1n) is 7.09. The summed E-state index contributed by atoms with van der Waals surface area (Å²) in [6.07, 6.45) is 2.91. The minimum absolute atomic E-state index is 0.0608. The standard InChI is InChI=1S/C15H18ClN3O2/c1-15(4-2-3-12(15)17)14(21)19-11-5-8-6-13(20)18-10(8)7-9(11)16/h5,7,12H,2-4,6,17H2,1H3,(H,18,20)(H,19,21). The van der Waals surface area contributed by atoms with Gasteiger partial charge in [-0.05, 0) is 37.5 Å². The van der Waals surface area contributed by atoms with Gasteiger partial charge in [-0.25, -0.2) is 0 Å². The molecule has 3 rings (SSSR count). The number of hydrogen-bond donors (Lipinski definition) is 3. The van der Waals surface area contributed by atoms with Gasteiger partial charge in [0.05, 0.1) is 22.5 Å². The molecule has 0 aromatic heterocycles. The maximum absolute atomic E-state index is 12.5. The molecular formula is C15H18ClN3O2. The van der Waals surface area contributed by atoms with Crippen LogP contribution in [0.5, 0.6) is 0 Å². The van der Waals surface area contributed by atoms with Crippen LogP contribution in [-0.2, 0) is 16.0 Å². The van der Waals surface area contributed by atoms with Crippen molar-refractivity contribution in [2.24, 2.45) is 11.1 Å². The molecule has 6 heteroatoms. The van der Waals surface area contributed by atoms with Crippen molar-refractivity contribution in [3.8, 4) is 0 Å². The highest BCUT2D eigenvalue weighted by Gasteiger charge is 2.43. The maximum atomic E-state index is 12.5. The van der Waals surface area contributed by atoms with Gasteiger partial charge >= 0.3 is 0 Å². The molecule has 0 radical (unpaired) electrons. The molecule has 0 spiro atoms. The van der Waals surface area contributed by atoms with E-state index in [4.69, 9.17) is 17.3 Å². The Morgan fingerprint density at radius 1 is 1.52 bits per heavy atom. The first-order valence-corrected chi connectivity index (χ1v) is 7.47. The summed E-state index contributed by atoms with van der Waals surface area (Å²) in [4.78, 5) is 23.9. The molecule has 1 aromatic rings. The summed E-state index contributed by atoms with van der Waals surface area (Å²) in [7, 11) is 0. The molecule has 1 fully saturated rings. The second-order valence-electron chi connectivity index (χ2n) is 6.08. The smallest absolute Gasteiger partial charge is 0.231 e. The summed E-state index contributed by atoms with van der Waals surface area (Å²) in [6, 6.07) is 3.31. The molecule has 0 bridgehead atoms. The van der Waals surface area contributed by atoms with Gasteiger partial charge in [0, 0.05) is 11.7 Å². The zero-order valence-electron chi connectivity index (χ0n) is 11.8. The van der Waals surface area contributed by atoms with Gasteiger partial charge in [-0.1, -0.05) is 18.0 Å². The van der Waals surface area contributed by atoms with Gasteiger partial charge in [0.1, 0.15) is 0 Å². The third-order valence-corrected chi connectivity index (χ3v) is 4.93. The lowest BCUT2D eigenvalue weighted by atomic mass is 9.84. The Morgan fingerprint density at radius 2 is 2.29 bits per heavy atom. The summed E-state index contributed by atoms with van der Waals surface area (Å²) in [5.74, 6) is -0.166. The van der Waals surface area contributed by atoms with Crippen LogP contribution in [0, 0.1) is 5.41 Å². The number of halogens is 1. The van der Waals surface area contributed by atoms with E-state index in [1.165, 1.54) is 0 Å². The monoisotopic (exact) mass is 307 g/mol. The highest BCUT2D eigenvalue weighted by molar-refractivity contribution is 6.34. The molecule has 112 valence electrons. The number of nitrogens with one attached hydrogen (secondary N) is 2. The van der Waals surface area contributed by atoms with Crippen LogP contribution in [0.4, 0.5) is 11.4 Å². The van der Waals surface area contributed by atoms with Crippen molar-refractivity contribution in [2.75, 3.05) is 10.6 Å². The largest absolute Gasteiger partial charge is 0.327 e. The summed E-state index contributed by atoms with van der Waals surface area (Å²) < 4.78 is 0. The van der Waals surface area contributed by atoms with Gasteiger partial charge in [0.2, 0.25) is 11.8 Å². The molecule has 0 saturated heterocycles. The van der Waals surface area contributed by atoms with Crippen LogP contribution in [0.1, 0.15) is 31.7 Å². The molecule has 4 N–H and O–H groups in total. The Morgan fingerprint density at radius 3 is 2.95 bits per heavy atom. The van der Waals surface area contributed by atoms with Crippen molar-refractivity contribution in [3.63, 3.8) is 0 Å². The average molecular weight is 308 g/mol. The molecule has 2 unspecified atom stereocenters. The van der Waals surface area contributed by atoms with Gasteiger partial charge in [0.25, 0.3) is 0 Å². The average Bonchev–Trinajstić information content (AvgIpc) is 2.93. The Kier molecular flexibility index (Phi) is 3.42. The van der Waals surface area contributed by atoms with Gasteiger partial charge in [-0.2, -0.15) is 0 Å². The number of hydrogen-bond acceptors (Lipinski definition) is 3. The molecule has 1 aliphatic carbocycles. The SMILES string of the molecule is CC1(C(=O)Nc2cc3c(cc2Cl)NC(=O)C3)CCCC1N. The highest BCUT2D eigenvalue weighted by Crippen LogP contribution is 2.39. The Labute approximate surface area is 128 Å². The lowest BCUT2D eigenvalue weighted by Gasteiger charge is -2.27. The first-order chi connectivity index (χ1) is 9.90. The predicted molar refractivity (Wildman–Crippen MR) is 82.3 cm³/mol. The van der Waals surface area contributed by atoms with Crippen LogP contribution in [0.25, 0.3) is 0 Å². The molecule has 2 atom stereocenters. The number of fused-ring (bicyclic) bond motifs is 1. The minimum atomic E-state index is -0.559. The van der Waals surface area contributed by atoms with E-state index in [2.05, 4.69) is 10.6 Å². The summed E-state index contributed by atoms with van der Waals surface area (Å²) >= 11 is 6.19. The second kappa shape index (κ2) is 5.00. The van der Waals surface area contributed by atoms with E-state index in [0.717, 1.165) is 24.8 Å². The van der Waals surface area contributed by atoms with Crippen LogP contribution in [0.2, 0.25) is 5.02 Å². The molecular weight excluding hydrogens is 290 g/mol. The van der Waals surface area contributed by atoms with E-state index in [1.807, 2.05) is 6.92 Å². The van der Waals surface area contributed by atoms with E-state index in [9.17, 15) is 9.59 Å². The number of amides is 2. The van der Waals surface area contributed by atoms with E-state index >= 15 is 0 Å². The van der Waals surface area contributed by atoms with Crippen LogP contribution >= 0.6 is 11.6 Å². The number of carbonyl (C=O) groups excluding carboxylic acids is 2. The fraction of sp³-hybridized carbons (Fsp3) is 0.467. The van der Waals surface area contributed by atoms with Crippen LogP contribution < -0.4 is 16.4 Å². The van der Waals surface area contributed by atoms with E-state index < -0.39 is 5.41 Å². The Hall–Kier alpha value is -1.59. The quantitative estimate of drug-likeness (QED) is 0.783. The Bertz CT molecular complexity index is 632. The number of anilines is 2. The van der Waals surface area contributed by atoms with E-state index in [1.54, 1.807) is 12.1 Å². The molecule has 1 saturated carbocycles. The van der Waals surface area contributed by atoms with Crippen LogP contribution in [0.3, 0.4) is 0 Å². The van der Waals surface area contributed by atoms with Crippen molar-refractivity contribution in [2.45, 2.75) is 38.6 Å². The predicted octanol–water partition coefficient (Wildman–Crippen LogP) is 2.29. The van der Waals surface area contributed by atoms with Gasteiger partial charge in [-0.3, -0.25) is 9.59 Å². The molecule has 21 heavy (non-hydrogen) atoms. The third kappa shape index (κ3) is 2.40. The maximum Gasteiger partial charge on any atom is 0.231 e. The van der Waals surface area contributed by atoms with Crippen molar-refractivity contribution in [1.29, 1.82) is 0 Å². The van der Waals surface area contributed by atoms with Crippen molar-refractivity contribution >= 4 is 34.8 Å². The van der Waals surface area contributed by atoms with Crippen LogP contribution in [0.15, 0.2) is 12.1 Å². The molecule has 2 aliphatic rings. The summed E-state index contributed by atoms with van der Waals surface area (Å²) in [5, 5.41) is 6.03. The van der Waals surface area contributed by atoms with E-state index in [-0.39, 0.29) is 17.9 Å². The van der Waals surface area contributed by atoms with Gasteiger partial charge in [0.15, 0.2) is 0 Å². The lowest BCUT2D eigenvalue weighted by molar-refractivity contribution is -0.125. The summed E-state index contributed by atoms with van der Waals surface area (Å²) in [6.45, 7) is 1.90. The van der Waals surface area contributed by atoms with E-state index in [0.29, 0.717) is 22.8 Å². The van der Waals surface area contributed by atoms with Crippen molar-refractivity contribution in [3.05, 3.63) is 22.7 Å². The highest BCUT2D eigenvalue weighted by atomic mass is 35.5. The first kappa shape index (κ1) is 14.4. The number of carbonyl (C=O) groups is 2. The van der Waals surface area contributed by atoms with Crippen LogP contribution in [-0.4, -0.2) is 17.9 Å².